The average Bonchev–Trinajstić information content (AvgIpc) is 2.84. The fraction of sp³-hybridized carbons (Fsp3) is 0.429. The summed E-state index contributed by atoms with van der Waals surface area (Å²) in [6.45, 7) is 4.52. The summed E-state index contributed by atoms with van der Waals surface area (Å²) in [7, 11) is 1.84. The SMILES string of the molecule is CCC(/C=N/C=C1/C(=O)N(CC2=CCC=CC=C2Cl)C(C)=CN1C)CCO. The standard InChI is InChI=1S/C21H28ClN3O2/c1-4-17(10-11-26)12-23-13-20-21(27)25(16(2)14-24(20)3)15-18-8-6-5-7-9-19(18)22/h5,7-9,12-14,17,26H,4,6,10-11,15H2,1-3H3/b20-13-,23-12+. The van der Waals surface area contributed by atoms with Gasteiger partial charge < -0.3 is 14.9 Å². The van der Waals surface area contributed by atoms with Crippen molar-refractivity contribution in [2.75, 3.05) is 20.2 Å². The van der Waals surface area contributed by atoms with Gasteiger partial charge in [-0.3, -0.25) is 9.79 Å². The second-order valence-electron chi connectivity index (χ2n) is 6.67. The van der Waals surface area contributed by atoms with E-state index in [0.29, 0.717) is 23.7 Å². The molecule has 1 aliphatic carbocycles. The lowest BCUT2D eigenvalue weighted by atomic mass is 10.1. The van der Waals surface area contributed by atoms with Crippen LogP contribution in [0.5, 0.6) is 0 Å². The van der Waals surface area contributed by atoms with Crippen molar-refractivity contribution in [1.29, 1.82) is 0 Å². The third kappa shape index (κ3) is 5.68. The molecule has 2 rings (SSSR count). The summed E-state index contributed by atoms with van der Waals surface area (Å²) in [5.41, 5.74) is 2.30. The summed E-state index contributed by atoms with van der Waals surface area (Å²) in [4.78, 5) is 20.9. The van der Waals surface area contributed by atoms with E-state index in [0.717, 1.165) is 24.1 Å². The molecule has 6 heteroatoms. The molecule has 1 heterocycles. The Morgan fingerprint density at radius 3 is 2.93 bits per heavy atom. The molecule has 2 aliphatic rings. The largest absolute Gasteiger partial charge is 0.396 e. The Bertz CT molecular complexity index is 732. The topological polar surface area (TPSA) is 56.1 Å². The van der Waals surface area contributed by atoms with Crippen molar-refractivity contribution in [2.45, 2.75) is 33.1 Å². The predicted octanol–water partition coefficient (Wildman–Crippen LogP) is 3.95. The van der Waals surface area contributed by atoms with E-state index in [2.05, 4.69) is 11.9 Å². The Hall–Kier alpha value is -2.11. The van der Waals surface area contributed by atoms with Crippen LogP contribution >= 0.6 is 11.6 Å². The number of nitrogens with zero attached hydrogens (tertiary/aromatic N) is 3. The molecule has 0 saturated carbocycles. The molecule has 1 aliphatic heterocycles. The van der Waals surface area contributed by atoms with Gasteiger partial charge in [0.25, 0.3) is 5.91 Å². The first-order valence-corrected chi connectivity index (χ1v) is 9.64. The Morgan fingerprint density at radius 1 is 1.44 bits per heavy atom. The fourth-order valence-electron chi connectivity index (χ4n) is 2.95. The van der Waals surface area contributed by atoms with Crippen molar-refractivity contribution >= 4 is 23.7 Å². The smallest absolute Gasteiger partial charge is 0.276 e. The van der Waals surface area contributed by atoms with E-state index in [1.165, 1.54) is 0 Å². The summed E-state index contributed by atoms with van der Waals surface area (Å²) < 4.78 is 0. The first kappa shape index (κ1) is 21.2. The molecule has 1 atom stereocenters. The molecule has 0 radical (unpaired) electrons. The number of aliphatic imine (C=N–C) groups is 1. The quantitative estimate of drug-likeness (QED) is 0.529. The Kier molecular flexibility index (Phi) is 8.07. The Labute approximate surface area is 166 Å². The van der Waals surface area contributed by atoms with Crippen LogP contribution in [0.15, 0.2) is 63.7 Å². The lowest BCUT2D eigenvalue weighted by Crippen LogP contribution is -2.40. The highest BCUT2D eigenvalue weighted by Gasteiger charge is 2.28. The van der Waals surface area contributed by atoms with Crippen molar-refractivity contribution in [3.05, 3.63) is 58.7 Å². The molecule has 0 aromatic rings. The van der Waals surface area contributed by atoms with E-state index in [-0.39, 0.29) is 18.4 Å². The number of likely N-dealkylation sites (N-methyl/N-ethyl adjacent to an activating group) is 1. The average molecular weight is 390 g/mol. The van der Waals surface area contributed by atoms with Crippen LogP contribution in [0.1, 0.15) is 33.1 Å². The third-order valence-corrected chi connectivity index (χ3v) is 5.05. The van der Waals surface area contributed by atoms with Gasteiger partial charge in [-0.15, -0.1) is 0 Å². The lowest BCUT2D eigenvalue weighted by molar-refractivity contribution is -0.127. The maximum Gasteiger partial charge on any atom is 0.276 e. The zero-order valence-corrected chi connectivity index (χ0v) is 17.0. The summed E-state index contributed by atoms with van der Waals surface area (Å²) in [6, 6.07) is 0. The molecule has 0 bridgehead atoms. The van der Waals surface area contributed by atoms with E-state index in [9.17, 15) is 4.79 Å². The van der Waals surface area contributed by atoms with Crippen molar-refractivity contribution in [2.24, 2.45) is 10.9 Å². The van der Waals surface area contributed by atoms with E-state index < -0.39 is 0 Å². The molecule has 1 unspecified atom stereocenters. The Morgan fingerprint density at radius 2 is 2.22 bits per heavy atom. The molecule has 5 nitrogen and oxygen atoms in total. The fourth-order valence-corrected chi connectivity index (χ4v) is 3.16. The van der Waals surface area contributed by atoms with Gasteiger partial charge in [0.15, 0.2) is 0 Å². The minimum absolute atomic E-state index is 0.104. The monoisotopic (exact) mass is 389 g/mol. The van der Waals surface area contributed by atoms with Crippen LogP contribution < -0.4 is 0 Å². The van der Waals surface area contributed by atoms with E-state index in [1.807, 2.05) is 44.5 Å². The number of aliphatic hydroxyl groups is 1. The van der Waals surface area contributed by atoms with Crippen molar-refractivity contribution < 1.29 is 9.90 Å². The van der Waals surface area contributed by atoms with Crippen LogP contribution in [-0.2, 0) is 4.79 Å². The van der Waals surface area contributed by atoms with Crippen molar-refractivity contribution in [3.63, 3.8) is 0 Å². The number of amides is 1. The van der Waals surface area contributed by atoms with Crippen LogP contribution in [0.3, 0.4) is 0 Å². The highest BCUT2D eigenvalue weighted by atomic mass is 35.5. The number of carbonyl (C=O) groups is 1. The summed E-state index contributed by atoms with van der Waals surface area (Å²) in [5.74, 6) is 0.101. The number of hydrogen-bond acceptors (Lipinski definition) is 4. The van der Waals surface area contributed by atoms with Gasteiger partial charge in [0.05, 0.1) is 12.7 Å². The molecular formula is C21H28ClN3O2. The summed E-state index contributed by atoms with van der Waals surface area (Å²) in [5, 5.41) is 9.74. The van der Waals surface area contributed by atoms with Crippen LogP contribution in [0.25, 0.3) is 0 Å². The van der Waals surface area contributed by atoms with Gasteiger partial charge >= 0.3 is 0 Å². The van der Waals surface area contributed by atoms with Crippen LogP contribution in [-0.4, -0.2) is 47.2 Å². The number of rotatable bonds is 7. The molecule has 0 saturated heterocycles. The number of carbonyl (C=O) groups excluding carboxylic acids is 1. The van der Waals surface area contributed by atoms with Gasteiger partial charge in [-0.1, -0.05) is 36.8 Å². The van der Waals surface area contributed by atoms with Gasteiger partial charge in [0, 0.05) is 36.8 Å². The maximum atomic E-state index is 13.0. The summed E-state index contributed by atoms with van der Waals surface area (Å²) >= 11 is 6.35. The minimum atomic E-state index is -0.104. The first-order valence-electron chi connectivity index (χ1n) is 9.27. The number of hydrogen-bond donors (Lipinski definition) is 1. The zero-order chi connectivity index (χ0) is 19.8. The van der Waals surface area contributed by atoms with E-state index >= 15 is 0 Å². The van der Waals surface area contributed by atoms with Gasteiger partial charge in [-0.25, -0.2) is 0 Å². The minimum Gasteiger partial charge on any atom is -0.396 e. The molecule has 0 aromatic heterocycles. The predicted molar refractivity (Wildman–Crippen MR) is 111 cm³/mol. The highest BCUT2D eigenvalue weighted by Crippen LogP contribution is 2.26. The van der Waals surface area contributed by atoms with Gasteiger partial charge in [-0.2, -0.15) is 0 Å². The molecule has 0 spiro atoms. The van der Waals surface area contributed by atoms with Gasteiger partial charge in [-0.05, 0) is 43.8 Å². The number of halogens is 1. The number of aliphatic hydroxyl groups excluding tert-OH is 1. The summed E-state index contributed by atoms with van der Waals surface area (Å²) in [6.07, 6.45) is 15.5. The lowest BCUT2D eigenvalue weighted by Gasteiger charge is -2.33. The maximum absolute atomic E-state index is 13.0. The molecular weight excluding hydrogens is 362 g/mol. The van der Waals surface area contributed by atoms with E-state index in [4.69, 9.17) is 16.7 Å². The van der Waals surface area contributed by atoms with Gasteiger partial charge in [0.1, 0.15) is 5.70 Å². The van der Waals surface area contributed by atoms with Crippen LogP contribution in [0, 0.1) is 5.92 Å². The molecule has 0 fully saturated rings. The normalized spacial score (nSPS) is 20.7. The second-order valence-corrected chi connectivity index (χ2v) is 7.08. The van der Waals surface area contributed by atoms with Crippen molar-refractivity contribution in [3.8, 4) is 0 Å². The molecule has 1 amide bonds. The van der Waals surface area contributed by atoms with Crippen molar-refractivity contribution in [1.82, 2.24) is 9.80 Å². The molecule has 1 N–H and O–H groups in total. The second kappa shape index (κ2) is 10.3. The van der Waals surface area contributed by atoms with Gasteiger partial charge in [0.2, 0.25) is 0 Å². The Balaban J connectivity index is 2.20. The van der Waals surface area contributed by atoms with Crippen LogP contribution in [0.4, 0.5) is 0 Å². The molecule has 0 aromatic carbocycles. The van der Waals surface area contributed by atoms with E-state index in [1.54, 1.807) is 22.2 Å². The molecule has 146 valence electrons. The third-order valence-electron chi connectivity index (χ3n) is 4.68. The first-order chi connectivity index (χ1) is 13.0. The highest BCUT2D eigenvalue weighted by molar-refractivity contribution is 6.32. The zero-order valence-electron chi connectivity index (χ0n) is 16.2. The number of allylic oxidation sites excluding steroid dienone is 5. The van der Waals surface area contributed by atoms with Crippen LogP contribution in [0.2, 0.25) is 0 Å². The molecule has 27 heavy (non-hydrogen) atoms.